The molecule has 3 aromatic rings. The van der Waals surface area contributed by atoms with E-state index in [1.54, 1.807) is 24.3 Å². The average Bonchev–Trinajstić information content (AvgIpc) is 2.55. The minimum atomic E-state index is -0.478. The Bertz CT molecular complexity index is 1010. The third kappa shape index (κ3) is 4.21. The number of esters is 1. The quantitative estimate of drug-likeness (QED) is 0.489. The Hall–Kier alpha value is -2.30. The predicted octanol–water partition coefficient (Wildman–Crippen LogP) is 4.69. The summed E-state index contributed by atoms with van der Waals surface area (Å²) in [6, 6.07) is 11.8. The molecule has 1 heterocycles. The Kier molecular flexibility index (Phi) is 5.11. The molecule has 0 saturated heterocycles. The van der Waals surface area contributed by atoms with E-state index < -0.39 is 11.6 Å². The molecule has 0 aliphatic heterocycles. The van der Waals surface area contributed by atoms with Crippen molar-refractivity contribution >= 4 is 40.1 Å². The first-order chi connectivity index (χ1) is 11.9. The summed E-state index contributed by atoms with van der Waals surface area (Å²) in [4.78, 5) is 23.7. The molecule has 0 fully saturated rings. The number of carbonyl (C=O) groups excluding carboxylic acids is 1. The van der Waals surface area contributed by atoms with Gasteiger partial charge in [-0.1, -0.05) is 41.4 Å². The maximum Gasteiger partial charge on any atom is 0.336 e. The van der Waals surface area contributed by atoms with Gasteiger partial charge in [0.2, 0.25) is 0 Å². The van der Waals surface area contributed by atoms with E-state index in [0.29, 0.717) is 26.8 Å². The molecule has 0 bridgehead atoms. The van der Waals surface area contributed by atoms with E-state index in [9.17, 15) is 9.59 Å². The van der Waals surface area contributed by atoms with Crippen molar-refractivity contribution in [1.82, 2.24) is 0 Å². The highest BCUT2D eigenvalue weighted by Gasteiger charge is 2.11. The van der Waals surface area contributed by atoms with Crippen molar-refractivity contribution in [2.24, 2.45) is 0 Å². The second-order valence-electron chi connectivity index (χ2n) is 5.68. The van der Waals surface area contributed by atoms with Gasteiger partial charge in [0.15, 0.2) is 0 Å². The first kappa shape index (κ1) is 17.5. The van der Waals surface area contributed by atoms with Crippen LogP contribution in [0, 0.1) is 6.92 Å². The van der Waals surface area contributed by atoms with E-state index in [0.717, 1.165) is 10.9 Å². The van der Waals surface area contributed by atoms with Crippen LogP contribution in [-0.2, 0) is 22.6 Å². The molecule has 6 heteroatoms. The van der Waals surface area contributed by atoms with Crippen LogP contribution in [0.1, 0.15) is 16.7 Å². The van der Waals surface area contributed by atoms with Crippen LogP contribution < -0.4 is 5.63 Å². The SMILES string of the molecule is Cc1ccc2c(COC(=O)Cc3ccc(Cl)c(Cl)c3)cc(=O)oc2c1. The molecule has 128 valence electrons. The Balaban J connectivity index is 1.74. The van der Waals surface area contributed by atoms with Gasteiger partial charge in [-0.05, 0) is 36.2 Å². The van der Waals surface area contributed by atoms with Gasteiger partial charge in [-0.2, -0.15) is 0 Å². The highest BCUT2D eigenvalue weighted by atomic mass is 35.5. The first-order valence-electron chi connectivity index (χ1n) is 7.55. The van der Waals surface area contributed by atoms with Crippen LogP contribution in [0.4, 0.5) is 0 Å². The number of carbonyl (C=O) groups is 1. The summed E-state index contributed by atoms with van der Waals surface area (Å²) >= 11 is 11.8. The molecule has 2 aromatic carbocycles. The van der Waals surface area contributed by atoms with Crippen molar-refractivity contribution in [3.05, 3.63) is 79.6 Å². The molecule has 0 aliphatic rings. The summed E-state index contributed by atoms with van der Waals surface area (Å²) in [5, 5.41) is 1.55. The van der Waals surface area contributed by atoms with Crippen molar-refractivity contribution in [1.29, 1.82) is 0 Å². The van der Waals surface area contributed by atoms with Gasteiger partial charge in [0.25, 0.3) is 0 Å². The van der Waals surface area contributed by atoms with E-state index in [-0.39, 0.29) is 13.0 Å². The van der Waals surface area contributed by atoms with Gasteiger partial charge in [-0.3, -0.25) is 4.79 Å². The standard InChI is InChI=1S/C19H14Cl2O4/c1-11-2-4-14-13(9-19(23)25-17(14)6-11)10-24-18(22)8-12-3-5-15(20)16(21)7-12/h2-7,9H,8,10H2,1H3. The summed E-state index contributed by atoms with van der Waals surface area (Å²) in [7, 11) is 0. The lowest BCUT2D eigenvalue weighted by Crippen LogP contribution is -2.10. The van der Waals surface area contributed by atoms with Crippen LogP contribution in [0.3, 0.4) is 0 Å². The van der Waals surface area contributed by atoms with Crippen LogP contribution in [-0.4, -0.2) is 5.97 Å². The van der Waals surface area contributed by atoms with Gasteiger partial charge in [0, 0.05) is 17.0 Å². The van der Waals surface area contributed by atoms with E-state index in [4.69, 9.17) is 32.4 Å². The van der Waals surface area contributed by atoms with Gasteiger partial charge >= 0.3 is 11.6 Å². The van der Waals surface area contributed by atoms with Crippen molar-refractivity contribution in [3.63, 3.8) is 0 Å². The van der Waals surface area contributed by atoms with Crippen molar-refractivity contribution in [3.8, 4) is 0 Å². The van der Waals surface area contributed by atoms with E-state index >= 15 is 0 Å². The molecule has 25 heavy (non-hydrogen) atoms. The lowest BCUT2D eigenvalue weighted by Gasteiger charge is -2.08. The van der Waals surface area contributed by atoms with Crippen LogP contribution >= 0.6 is 23.2 Å². The number of benzene rings is 2. The zero-order chi connectivity index (χ0) is 18.0. The molecule has 0 atom stereocenters. The Labute approximate surface area is 153 Å². The molecule has 0 unspecified atom stereocenters. The fraction of sp³-hybridized carbons (Fsp3) is 0.158. The van der Waals surface area contributed by atoms with Crippen LogP contribution in [0.2, 0.25) is 10.0 Å². The lowest BCUT2D eigenvalue weighted by molar-refractivity contribution is -0.144. The minimum Gasteiger partial charge on any atom is -0.461 e. The normalized spacial score (nSPS) is 10.8. The Morgan fingerprint density at radius 2 is 1.88 bits per heavy atom. The smallest absolute Gasteiger partial charge is 0.336 e. The summed E-state index contributed by atoms with van der Waals surface area (Å²) < 4.78 is 10.5. The Morgan fingerprint density at radius 1 is 1.08 bits per heavy atom. The van der Waals surface area contributed by atoms with Gasteiger partial charge in [0.05, 0.1) is 16.5 Å². The molecular weight excluding hydrogens is 363 g/mol. The monoisotopic (exact) mass is 376 g/mol. The van der Waals surface area contributed by atoms with Crippen molar-refractivity contribution in [2.45, 2.75) is 20.0 Å². The highest BCUT2D eigenvalue weighted by Crippen LogP contribution is 2.23. The van der Waals surface area contributed by atoms with Gasteiger partial charge in [-0.15, -0.1) is 0 Å². The number of ether oxygens (including phenoxy) is 1. The number of hydrogen-bond acceptors (Lipinski definition) is 4. The largest absolute Gasteiger partial charge is 0.461 e. The van der Waals surface area contributed by atoms with Gasteiger partial charge in [0.1, 0.15) is 12.2 Å². The number of halogens is 2. The number of fused-ring (bicyclic) bond motifs is 1. The molecule has 1 aromatic heterocycles. The molecule has 0 N–H and O–H groups in total. The summed E-state index contributed by atoms with van der Waals surface area (Å²) in [6.45, 7) is 1.90. The molecule has 0 radical (unpaired) electrons. The van der Waals surface area contributed by atoms with E-state index in [1.807, 2.05) is 19.1 Å². The maximum atomic E-state index is 12.1. The van der Waals surface area contributed by atoms with Gasteiger partial charge < -0.3 is 9.15 Å². The number of aryl methyl sites for hydroxylation is 1. The second-order valence-corrected chi connectivity index (χ2v) is 6.49. The van der Waals surface area contributed by atoms with Gasteiger partial charge in [-0.25, -0.2) is 4.79 Å². The fourth-order valence-electron chi connectivity index (χ4n) is 2.48. The van der Waals surface area contributed by atoms with Crippen LogP contribution in [0.25, 0.3) is 11.0 Å². The van der Waals surface area contributed by atoms with Crippen LogP contribution in [0.15, 0.2) is 51.7 Å². The molecule has 0 saturated carbocycles. The Morgan fingerprint density at radius 3 is 2.64 bits per heavy atom. The topological polar surface area (TPSA) is 56.5 Å². The molecule has 0 amide bonds. The van der Waals surface area contributed by atoms with Crippen molar-refractivity contribution < 1.29 is 13.9 Å². The minimum absolute atomic E-state index is 0.00861. The molecule has 0 aliphatic carbocycles. The zero-order valence-corrected chi connectivity index (χ0v) is 14.9. The molecule has 3 rings (SSSR count). The number of hydrogen-bond donors (Lipinski definition) is 0. The third-order valence-corrected chi connectivity index (χ3v) is 4.45. The summed E-state index contributed by atoms with van der Waals surface area (Å²) in [5.74, 6) is -0.424. The molecule has 0 spiro atoms. The second kappa shape index (κ2) is 7.30. The molecule has 4 nitrogen and oxygen atoms in total. The summed E-state index contributed by atoms with van der Waals surface area (Å²) in [5.41, 5.74) is 2.28. The average molecular weight is 377 g/mol. The zero-order valence-electron chi connectivity index (χ0n) is 13.3. The van der Waals surface area contributed by atoms with Crippen LogP contribution in [0.5, 0.6) is 0 Å². The first-order valence-corrected chi connectivity index (χ1v) is 8.31. The van der Waals surface area contributed by atoms with Crippen molar-refractivity contribution in [2.75, 3.05) is 0 Å². The number of rotatable bonds is 4. The molecular formula is C19H14Cl2O4. The summed E-state index contributed by atoms with van der Waals surface area (Å²) in [6.07, 6.45) is 0.0649. The van der Waals surface area contributed by atoms with E-state index in [2.05, 4.69) is 0 Å². The highest BCUT2D eigenvalue weighted by molar-refractivity contribution is 6.42. The third-order valence-electron chi connectivity index (χ3n) is 3.71. The maximum absolute atomic E-state index is 12.1. The fourth-order valence-corrected chi connectivity index (χ4v) is 2.80. The van der Waals surface area contributed by atoms with E-state index in [1.165, 1.54) is 6.07 Å². The lowest BCUT2D eigenvalue weighted by atomic mass is 10.1. The predicted molar refractivity (Wildman–Crippen MR) is 97.2 cm³/mol.